The number of aromatic hydroxyl groups is 2. The second kappa shape index (κ2) is 12.7. The minimum atomic E-state index is -4.61. The average molecular weight is 564 g/mol. The molecule has 0 unspecified atom stereocenters. The van der Waals surface area contributed by atoms with Crippen molar-refractivity contribution in [2.75, 3.05) is 44.4 Å². The van der Waals surface area contributed by atoms with Gasteiger partial charge < -0.3 is 35.8 Å². The molecule has 0 bridgehead atoms. The largest absolute Gasteiger partial charge is 0.508 e. The second-order valence-electron chi connectivity index (χ2n) is 10.1. The molecule has 0 aliphatic rings. The summed E-state index contributed by atoms with van der Waals surface area (Å²) in [5.74, 6) is -0.940. The van der Waals surface area contributed by atoms with Gasteiger partial charge >= 0.3 is 12.2 Å². The average Bonchev–Trinajstić information content (AvgIpc) is 2.85. The lowest BCUT2D eigenvalue weighted by Gasteiger charge is -2.28. The summed E-state index contributed by atoms with van der Waals surface area (Å²) in [7, 11) is 3.88. The zero-order valence-corrected chi connectivity index (χ0v) is 22.5. The van der Waals surface area contributed by atoms with Crippen molar-refractivity contribution in [3.05, 3.63) is 53.6 Å². The Kier molecular flexibility index (Phi) is 9.58. The van der Waals surface area contributed by atoms with E-state index in [-0.39, 0.29) is 46.6 Å². The van der Waals surface area contributed by atoms with E-state index in [1.54, 1.807) is 12.1 Å². The van der Waals surface area contributed by atoms with Gasteiger partial charge in [-0.1, -0.05) is 26.0 Å². The number of nitrogens with zero attached hydrogens (tertiary/aromatic N) is 4. The molecule has 0 spiro atoms. The summed E-state index contributed by atoms with van der Waals surface area (Å²) >= 11 is 0. The lowest BCUT2D eigenvalue weighted by atomic mass is 9.93. The third kappa shape index (κ3) is 9.76. The molecule has 0 atom stereocenters. The molecule has 216 valence electrons. The number of halogens is 3. The summed E-state index contributed by atoms with van der Waals surface area (Å²) in [6, 6.07) is 9.84. The molecule has 1 aromatic heterocycles. The van der Waals surface area contributed by atoms with E-state index in [0.29, 0.717) is 6.54 Å². The van der Waals surface area contributed by atoms with Gasteiger partial charge in [0.2, 0.25) is 11.9 Å². The molecule has 0 fully saturated rings. The van der Waals surface area contributed by atoms with Crippen LogP contribution in [0.15, 0.2) is 42.5 Å². The normalized spacial score (nSPS) is 11.8. The van der Waals surface area contributed by atoms with Crippen LogP contribution in [0.2, 0.25) is 0 Å². The maximum Gasteiger partial charge on any atom is 0.422 e. The third-order valence-electron chi connectivity index (χ3n) is 5.34. The van der Waals surface area contributed by atoms with Gasteiger partial charge in [0.15, 0.2) is 6.61 Å². The van der Waals surface area contributed by atoms with Crippen molar-refractivity contribution in [3.63, 3.8) is 0 Å². The van der Waals surface area contributed by atoms with E-state index in [1.165, 1.54) is 30.3 Å². The minimum Gasteiger partial charge on any atom is -0.508 e. The number of carbonyl (C=O) groups excluding carboxylic acids is 1. The number of hydrogen-bond acceptors (Lipinski definition) is 10. The number of alkyl halides is 3. The molecule has 0 saturated heterocycles. The zero-order chi connectivity index (χ0) is 29.5. The van der Waals surface area contributed by atoms with Crippen LogP contribution in [-0.2, 0) is 6.54 Å². The lowest BCUT2D eigenvalue weighted by Crippen LogP contribution is -2.40. The SMILES string of the molecule is CN(C)CC(C)(C)CNC(=O)c1ccc(Nc2nc(NCc3ccc(O)cc3)nc(OCC(F)(F)F)n2)cc1O. The number of anilines is 3. The number of benzene rings is 2. The Morgan fingerprint density at radius 3 is 2.30 bits per heavy atom. The lowest BCUT2D eigenvalue weighted by molar-refractivity contribution is -0.154. The first-order chi connectivity index (χ1) is 18.7. The number of nitrogens with one attached hydrogen (secondary N) is 3. The van der Waals surface area contributed by atoms with Crippen LogP contribution in [0, 0.1) is 5.41 Å². The Labute approximate surface area is 229 Å². The van der Waals surface area contributed by atoms with Gasteiger partial charge in [0.25, 0.3) is 5.91 Å². The van der Waals surface area contributed by atoms with Crippen LogP contribution in [0.4, 0.5) is 30.8 Å². The van der Waals surface area contributed by atoms with Crippen LogP contribution >= 0.6 is 0 Å². The Morgan fingerprint density at radius 2 is 1.68 bits per heavy atom. The molecule has 1 heterocycles. The van der Waals surface area contributed by atoms with Gasteiger partial charge in [-0.05, 0) is 49.3 Å². The Bertz CT molecular complexity index is 1300. The molecule has 40 heavy (non-hydrogen) atoms. The van der Waals surface area contributed by atoms with Crippen LogP contribution < -0.4 is 20.7 Å². The number of carbonyl (C=O) groups is 1. The molecule has 0 radical (unpaired) electrons. The van der Waals surface area contributed by atoms with Gasteiger partial charge in [0, 0.05) is 31.4 Å². The van der Waals surface area contributed by atoms with Crippen LogP contribution in [0.5, 0.6) is 17.5 Å². The quantitative estimate of drug-likeness (QED) is 0.220. The molecule has 0 saturated carbocycles. The van der Waals surface area contributed by atoms with E-state index in [2.05, 4.69) is 30.9 Å². The van der Waals surface area contributed by atoms with Crippen molar-refractivity contribution in [3.8, 4) is 17.5 Å². The molecule has 11 nitrogen and oxygen atoms in total. The van der Waals surface area contributed by atoms with Crippen LogP contribution in [-0.4, -0.2) is 75.9 Å². The van der Waals surface area contributed by atoms with Crippen LogP contribution in [0.1, 0.15) is 29.8 Å². The molecule has 0 aliphatic heterocycles. The maximum atomic E-state index is 12.7. The van der Waals surface area contributed by atoms with Gasteiger partial charge in [0.05, 0.1) is 5.56 Å². The summed E-state index contributed by atoms with van der Waals surface area (Å²) in [6.45, 7) is 3.73. The second-order valence-corrected chi connectivity index (χ2v) is 10.1. The number of amides is 1. The smallest absolute Gasteiger partial charge is 0.422 e. The van der Waals surface area contributed by atoms with E-state index in [0.717, 1.165) is 12.1 Å². The first-order valence-corrected chi connectivity index (χ1v) is 12.2. The van der Waals surface area contributed by atoms with Gasteiger partial charge in [0.1, 0.15) is 11.5 Å². The molecule has 14 heteroatoms. The number of aromatic nitrogens is 3. The van der Waals surface area contributed by atoms with E-state index in [4.69, 9.17) is 4.74 Å². The minimum absolute atomic E-state index is 0.0484. The monoisotopic (exact) mass is 563 g/mol. The molecular weight excluding hydrogens is 531 g/mol. The van der Waals surface area contributed by atoms with E-state index in [9.17, 15) is 28.2 Å². The number of phenolic OH excluding ortho intramolecular Hbond substituents is 2. The first kappa shape index (κ1) is 30.2. The maximum absolute atomic E-state index is 12.7. The van der Waals surface area contributed by atoms with Crippen molar-refractivity contribution in [1.29, 1.82) is 0 Å². The number of rotatable bonds is 12. The fraction of sp³-hybridized carbons (Fsp3) is 0.385. The number of phenols is 2. The number of hydrogen-bond donors (Lipinski definition) is 5. The number of ether oxygens (including phenoxy) is 1. The van der Waals surface area contributed by atoms with Crippen molar-refractivity contribution < 1.29 is 32.9 Å². The predicted octanol–water partition coefficient (Wildman–Crippen LogP) is 3.90. The Hall–Kier alpha value is -4.33. The summed E-state index contributed by atoms with van der Waals surface area (Å²) in [4.78, 5) is 26.6. The van der Waals surface area contributed by atoms with E-state index in [1.807, 2.05) is 32.8 Å². The molecule has 1 amide bonds. The van der Waals surface area contributed by atoms with Crippen molar-refractivity contribution in [1.82, 2.24) is 25.2 Å². The third-order valence-corrected chi connectivity index (χ3v) is 5.34. The molecule has 3 rings (SSSR count). The summed E-state index contributed by atoms with van der Waals surface area (Å²) in [6.07, 6.45) is -4.61. The molecule has 3 aromatic rings. The predicted molar refractivity (Wildman–Crippen MR) is 143 cm³/mol. The summed E-state index contributed by atoms with van der Waals surface area (Å²) in [5, 5.41) is 28.4. The highest BCUT2D eigenvalue weighted by Gasteiger charge is 2.29. The standard InChI is InChI=1S/C26H32F3N7O4/c1-25(2,14-36(3)4)13-31-21(39)19-10-7-17(11-20(19)38)32-23-33-22(30-12-16-5-8-18(37)9-6-16)34-24(35-23)40-15-26(27,28)29/h5-11,37-38H,12-15H2,1-4H3,(H,31,39)(H2,30,32,33,34,35). The van der Waals surface area contributed by atoms with Crippen molar-refractivity contribution in [2.45, 2.75) is 26.6 Å². The fourth-order valence-electron chi connectivity index (χ4n) is 3.75. The summed E-state index contributed by atoms with van der Waals surface area (Å²) in [5.41, 5.74) is 0.857. The highest BCUT2D eigenvalue weighted by molar-refractivity contribution is 5.97. The topological polar surface area (TPSA) is 145 Å². The van der Waals surface area contributed by atoms with Crippen molar-refractivity contribution in [2.24, 2.45) is 5.41 Å². The Morgan fingerprint density at radius 1 is 1.00 bits per heavy atom. The first-order valence-electron chi connectivity index (χ1n) is 12.2. The van der Waals surface area contributed by atoms with Gasteiger partial charge in [-0.15, -0.1) is 0 Å². The van der Waals surface area contributed by atoms with E-state index >= 15 is 0 Å². The van der Waals surface area contributed by atoms with Gasteiger partial charge in [-0.25, -0.2) is 0 Å². The van der Waals surface area contributed by atoms with Crippen molar-refractivity contribution >= 4 is 23.5 Å². The molecule has 2 aromatic carbocycles. The van der Waals surface area contributed by atoms with Gasteiger partial charge in [-0.2, -0.15) is 28.1 Å². The molecule has 0 aliphatic carbocycles. The Balaban J connectivity index is 1.75. The zero-order valence-electron chi connectivity index (χ0n) is 22.5. The highest BCUT2D eigenvalue weighted by atomic mass is 19.4. The fourth-order valence-corrected chi connectivity index (χ4v) is 3.75. The van der Waals surface area contributed by atoms with Crippen LogP contribution in [0.25, 0.3) is 0 Å². The highest BCUT2D eigenvalue weighted by Crippen LogP contribution is 2.26. The molecular formula is C26H32F3N7O4. The van der Waals surface area contributed by atoms with Crippen LogP contribution in [0.3, 0.4) is 0 Å². The van der Waals surface area contributed by atoms with E-state index < -0.39 is 24.7 Å². The summed E-state index contributed by atoms with van der Waals surface area (Å²) < 4.78 is 42.8. The van der Waals surface area contributed by atoms with Gasteiger partial charge in [-0.3, -0.25) is 4.79 Å². The molecule has 5 N–H and O–H groups in total.